The molecular formula is C14H17N3O. The molecule has 0 saturated heterocycles. The fourth-order valence-corrected chi connectivity index (χ4v) is 1.86. The van der Waals surface area contributed by atoms with Crippen molar-refractivity contribution in [2.75, 3.05) is 31.8 Å². The van der Waals surface area contributed by atoms with Gasteiger partial charge in [0.2, 0.25) is 0 Å². The number of pyridine rings is 1. The third-order valence-corrected chi connectivity index (χ3v) is 2.77. The minimum absolute atomic E-state index is 0.406. The fourth-order valence-electron chi connectivity index (χ4n) is 1.86. The van der Waals surface area contributed by atoms with Crippen LogP contribution in [0.1, 0.15) is 0 Å². The molecule has 4 heteroatoms. The first-order valence-corrected chi connectivity index (χ1v) is 5.70. The second-order valence-electron chi connectivity index (χ2n) is 4.20. The molecule has 0 aliphatic heterocycles. The molecule has 1 aromatic carbocycles. The third kappa shape index (κ3) is 2.22. The molecule has 0 unspecified atom stereocenters. The summed E-state index contributed by atoms with van der Waals surface area (Å²) in [7, 11) is 5.60. The zero-order chi connectivity index (χ0) is 13.1. The predicted octanol–water partition coefficient (Wildman–Crippen LogP) is 2.41. The lowest BCUT2D eigenvalue weighted by molar-refractivity contribution is 0.415. The summed E-state index contributed by atoms with van der Waals surface area (Å²) in [5.74, 6) is 1.00. The van der Waals surface area contributed by atoms with Crippen molar-refractivity contribution >= 4 is 11.5 Å². The van der Waals surface area contributed by atoms with Crippen LogP contribution >= 0.6 is 0 Å². The van der Waals surface area contributed by atoms with E-state index >= 15 is 0 Å². The van der Waals surface area contributed by atoms with Gasteiger partial charge in [-0.1, -0.05) is 18.2 Å². The second kappa shape index (κ2) is 4.96. The predicted molar refractivity (Wildman–Crippen MR) is 75.0 cm³/mol. The number of nitrogens with two attached hydrogens (primary N) is 1. The second-order valence-corrected chi connectivity index (χ2v) is 4.20. The van der Waals surface area contributed by atoms with Crippen molar-refractivity contribution in [1.29, 1.82) is 0 Å². The molecule has 1 heterocycles. The fraction of sp³-hybridized carbons (Fsp3) is 0.214. The molecule has 94 valence electrons. The summed E-state index contributed by atoms with van der Waals surface area (Å²) < 4.78 is 5.12. The lowest BCUT2D eigenvalue weighted by Crippen LogP contribution is -2.10. The monoisotopic (exact) mass is 243 g/mol. The quantitative estimate of drug-likeness (QED) is 0.899. The van der Waals surface area contributed by atoms with Gasteiger partial charge >= 0.3 is 0 Å². The first kappa shape index (κ1) is 12.2. The van der Waals surface area contributed by atoms with E-state index in [1.165, 1.54) is 0 Å². The van der Waals surface area contributed by atoms with Gasteiger partial charge in [0.25, 0.3) is 0 Å². The van der Waals surface area contributed by atoms with Crippen LogP contribution in [-0.2, 0) is 0 Å². The molecule has 0 spiro atoms. The number of para-hydroxylation sites is 1. The van der Waals surface area contributed by atoms with Gasteiger partial charge in [0.15, 0.2) is 11.6 Å². The van der Waals surface area contributed by atoms with E-state index in [-0.39, 0.29) is 0 Å². The van der Waals surface area contributed by atoms with Crippen LogP contribution in [-0.4, -0.2) is 26.2 Å². The van der Waals surface area contributed by atoms with Crippen LogP contribution < -0.4 is 15.4 Å². The van der Waals surface area contributed by atoms with Crippen molar-refractivity contribution in [2.45, 2.75) is 0 Å². The smallest absolute Gasteiger partial charge is 0.166 e. The Morgan fingerprint density at radius 3 is 2.44 bits per heavy atom. The van der Waals surface area contributed by atoms with Crippen molar-refractivity contribution in [3.8, 4) is 17.0 Å². The number of methoxy groups -OCH3 is 1. The maximum atomic E-state index is 5.85. The molecule has 0 radical (unpaired) electrons. The van der Waals surface area contributed by atoms with Crippen LogP contribution in [0.25, 0.3) is 11.3 Å². The molecule has 0 saturated carbocycles. The molecule has 2 N–H and O–H groups in total. The van der Waals surface area contributed by atoms with E-state index in [9.17, 15) is 0 Å². The summed E-state index contributed by atoms with van der Waals surface area (Å²) in [6.07, 6.45) is 0. The number of aromatic nitrogens is 1. The van der Waals surface area contributed by atoms with Gasteiger partial charge in [0, 0.05) is 25.3 Å². The van der Waals surface area contributed by atoms with Gasteiger partial charge < -0.3 is 15.4 Å². The highest BCUT2D eigenvalue weighted by Gasteiger charge is 2.09. The van der Waals surface area contributed by atoms with E-state index < -0.39 is 0 Å². The van der Waals surface area contributed by atoms with E-state index in [1.807, 2.05) is 44.4 Å². The van der Waals surface area contributed by atoms with E-state index in [0.29, 0.717) is 11.6 Å². The van der Waals surface area contributed by atoms with Crippen molar-refractivity contribution in [1.82, 2.24) is 4.98 Å². The van der Waals surface area contributed by atoms with Crippen molar-refractivity contribution in [2.24, 2.45) is 0 Å². The van der Waals surface area contributed by atoms with Crippen LogP contribution in [0.2, 0.25) is 0 Å². The largest absolute Gasteiger partial charge is 0.493 e. The molecule has 0 aliphatic rings. The van der Waals surface area contributed by atoms with Gasteiger partial charge in [-0.2, -0.15) is 0 Å². The Labute approximate surface area is 107 Å². The zero-order valence-electron chi connectivity index (χ0n) is 10.8. The first-order valence-electron chi connectivity index (χ1n) is 5.70. The molecule has 18 heavy (non-hydrogen) atoms. The first-order chi connectivity index (χ1) is 8.63. The highest BCUT2D eigenvalue weighted by Crippen LogP contribution is 2.30. The van der Waals surface area contributed by atoms with Gasteiger partial charge in [0.1, 0.15) is 0 Å². The Morgan fingerprint density at radius 1 is 1.11 bits per heavy atom. The number of nitrogens with zero attached hydrogens (tertiary/aromatic N) is 2. The molecule has 4 nitrogen and oxygen atoms in total. The van der Waals surface area contributed by atoms with Gasteiger partial charge in [-0.3, -0.25) is 0 Å². The lowest BCUT2D eigenvalue weighted by atomic mass is 10.1. The van der Waals surface area contributed by atoms with Crippen LogP contribution in [0.15, 0.2) is 36.4 Å². The molecule has 2 aromatic rings. The molecule has 0 aliphatic carbocycles. The summed E-state index contributed by atoms with van der Waals surface area (Å²) in [6, 6.07) is 11.8. The normalized spacial score (nSPS) is 10.2. The van der Waals surface area contributed by atoms with Crippen LogP contribution in [0.5, 0.6) is 5.75 Å². The molecular weight excluding hydrogens is 226 g/mol. The minimum Gasteiger partial charge on any atom is -0.493 e. The average molecular weight is 243 g/mol. The Bertz CT molecular complexity index is 552. The number of benzene rings is 1. The van der Waals surface area contributed by atoms with Crippen molar-refractivity contribution in [3.63, 3.8) is 0 Å². The number of anilines is 2. The van der Waals surface area contributed by atoms with Crippen molar-refractivity contribution < 1.29 is 4.74 Å². The average Bonchev–Trinajstić information content (AvgIpc) is 2.38. The van der Waals surface area contributed by atoms with Gasteiger partial charge in [-0.25, -0.2) is 4.98 Å². The Kier molecular flexibility index (Phi) is 3.37. The molecule has 0 atom stereocenters. The molecule has 0 amide bonds. The molecule has 2 rings (SSSR count). The third-order valence-electron chi connectivity index (χ3n) is 2.77. The highest BCUT2D eigenvalue weighted by atomic mass is 16.5. The Balaban J connectivity index is 2.52. The topological polar surface area (TPSA) is 51.4 Å². The van der Waals surface area contributed by atoms with E-state index in [0.717, 1.165) is 16.9 Å². The number of ether oxygens (including phenoxy) is 1. The summed E-state index contributed by atoms with van der Waals surface area (Å²) in [4.78, 5) is 6.44. The zero-order valence-corrected chi connectivity index (χ0v) is 10.8. The summed E-state index contributed by atoms with van der Waals surface area (Å²) in [6.45, 7) is 0. The highest BCUT2D eigenvalue weighted by molar-refractivity contribution is 5.77. The molecule has 0 bridgehead atoms. The Hall–Kier alpha value is -2.23. The van der Waals surface area contributed by atoms with Gasteiger partial charge in [0.05, 0.1) is 12.8 Å². The van der Waals surface area contributed by atoms with Crippen molar-refractivity contribution in [3.05, 3.63) is 36.4 Å². The number of nitrogen functional groups attached to an aromatic ring is 1. The lowest BCUT2D eigenvalue weighted by Gasteiger charge is -2.17. The maximum absolute atomic E-state index is 5.85. The number of rotatable bonds is 3. The summed E-state index contributed by atoms with van der Waals surface area (Å²) in [5, 5.41) is 0. The van der Waals surface area contributed by atoms with Crippen LogP contribution in [0.4, 0.5) is 11.5 Å². The molecule has 0 fully saturated rings. The van der Waals surface area contributed by atoms with Crippen LogP contribution in [0.3, 0.4) is 0 Å². The van der Waals surface area contributed by atoms with Gasteiger partial charge in [-0.15, -0.1) is 0 Å². The van der Waals surface area contributed by atoms with Gasteiger partial charge in [-0.05, 0) is 18.2 Å². The minimum atomic E-state index is 0.406. The number of hydrogen-bond acceptors (Lipinski definition) is 4. The summed E-state index contributed by atoms with van der Waals surface area (Å²) >= 11 is 0. The number of hydrogen-bond donors (Lipinski definition) is 1. The van der Waals surface area contributed by atoms with E-state index in [4.69, 9.17) is 10.5 Å². The standard InChI is InChI=1S/C14H17N3O/c1-17(2)12-7-5-4-6-10(12)11-8-9-13(18-3)14(15)16-11/h4-9H,1-3H3,(H2,15,16). The van der Waals surface area contributed by atoms with E-state index in [2.05, 4.69) is 16.0 Å². The van der Waals surface area contributed by atoms with Crippen LogP contribution in [0, 0.1) is 0 Å². The Morgan fingerprint density at radius 2 is 1.83 bits per heavy atom. The molecule has 1 aromatic heterocycles. The van der Waals surface area contributed by atoms with E-state index in [1.54, 1.807) is 7.11 Å². The SMILES string of the molecule is COc1ccc(-c2ccccc2N(C)C)nc1N. The maximum Gasteiger partial charge on any atom is 0.166 e. The summed E-state index contributed by atoms with van der Waals surface area (Å²) in [5.41, 5.74) is 8.85.